The molecule has 0 spiro atoms. The highest BCUT2D eigenvalue weighted by molar-refractivity contribution is 5.05. The molecule has 60 valence electrons. The van der Waals surface area contributed by atoms with E-state index in [0.717, 1.165) is 6.54 Å². The van der Waals surface area contributed by atoms with Crippen molar-refractivity contribution in [1.29, 1.82) is 0 Å². The molecule has 0 saturated carbocycles. The van der Waals surface area contributed by atoms with Crippen LogP contribution in [0.3, 0.4) is 0 Å². The maximum absolute atomic E-state index is 3.27. The molecule has 10 heavy (non-hydrogen) atoms. The van der Waals surface area contributed by atoms with Crippen LogP contribution in [0, 0.1) is 0 Å². The van der Waals surface area contributed by atoms with Crippen LogP contribution >= 0.6 is 0 Å². The second kappa shape index (κ2) is 6.81. The Labute approximate surface area is 64.5 Å². The van der Waals surface area contributed by atoms with Crippen LogP contribution in [0.25, 0.3) is 0 Å². The van der Waals surface area contributed by atoms with Crippen molar-refractivity contribution in [2.45, 2.75) is 33.6 Å². The topological polar surface area (TPSA) is 12.0 Å². The lowest BCUT2D eigenvalue weighted by Gasteiger charge is -2.10. The van der Waals surface area contributed by atoms with Crippen LogP contribution in [0.1, 0.15) is 33.6 Å². The van der Waals surface area contributed by atoms with E-state index in [1.54, 1.807) is 5.57 Å². The summed E-state index contributed by atoms with van der Waals surface area (Å²) in [6, 6.07) is 0. The minimum atomic E-state index is 1.09. The van der Waals surface area contributed by atoms with Crippen LogP contribution in [0.4, 0.5) is 0 Å². The van der Waals surface area contributed by atoms with Gasteiger partial charge in [-0.25, -0.2) is 0 Å². The lowest BCUT2D eigenvalue weighted by molar-refractivity contribution is 0.688. The van der Waals surface area contributed by atoms with Gasteiger partial charge in [0.2, 0.25) is 0 Å². The average molecular weight is 141 g/mol. The van der Waals surface area contributed by atoms with Crippen molar-refractivity contribution >= 4 is 0 Å². The van der Waals surface area contributed by atoms with Gasteiger partial charge in [0.1, 0.15) is 0 Å². The molecule has 1 aliphatic rings. The quantitative estimate of drug-likeness (QED) is 0.553. The molecule has 1 heteroatoms. The fourth-order valence-electron chi connectivity index (χ4n) is 0.991. The standard InChI is InChI=1S/C7H13N.C2H6/c1-2-7-3-5-8-6-4-7;1-2/h3,8H,2,4-6H2,1H3;1-2H3. The summed E-state index contributed by atoms with van der Waals surface area (Å²) in [5, 5.41) is 3.27. The summed E-state index contributed by atoms with van der Waals surface area (Å²) in [7, 11) is 0. The van der Waals surface area contributed by atoms with Gasteiger partial charge >= 0.3 is 0 Å². The molecule has 0 atom stereocenters. The Balaban J connectivity index is 0.000000371. The monoisotopic (exact) mass is 141 g/mol. The fraction of sp³-hybridized carbons (Fsp3) is 0.778. The van der Waals surface area contributed by atoms with Crippen molar-refractivity contribution < 1.29 is 0 Å². The molecule has 1 aliphatic heterocycles. The molecule has 0 unspecified atom stereocenters. The molecule has 0 bridgehead atoms. The van der Waals surface area contributed by atoms with Crippen molar-refractivity contribution in [2.24, 2.45) is 0 Å². The van der Waals surface area contributed by atoms with Crippen LogP contribution in [0.2, 0.25) is 0 Å². The molecular formula is C9H19N. The zero-order valence-electron chi connectivity index (χ0n) is 7.41. The number of hydrogen-bond donors (Lipinski definition) is 1. The van der Waals surface area contributed by atoms with Crippen molar-refractivity contribution in [3.8, 4) is 0 Å². The first-order chi connectivity index (χ1) is 4.93. The molecule has 0 saturated heterocycles. The predicted octanol–water partition coefficient (Wildman–Crippen LogP) is 2.34. The maximum atomic E-state index is 3.27. The molecule has 0 aromatic rings. The molecule has 0 amide bonds. The summed E-state index contributed by atoms with van der Waals surface area (Å²) in [5.41, 5.74) is 1.61. The molecule has 0 fully saturated rings. The largest absolute Gasteiger partial charge is 0.313 e. The average Bonchev–Trinajstić information content (AvgIpc) is 2.10. The van der Waals surface area contributed by atoms with Crippen LogP contribution in [-0.4, -0.2) is 13.1 Å². The minimum Gasteiger partial charge on any atom is -0.313 e. The van der Waals surface area contributed by atoms with E-state index in [-0.39, 0.29) is 0 Å². The van der Waals surface area contributed by atoms with Gasteiger partial charge in [0, 0.05) is 6.54 Å². The number of hydrogen-bond acceptors (Lipinski definition) is 1. The second-order valence-corrected chi connectivity index (χ2v) is 2.17. The maximum Gasteiger partial charge on any atom is 0.0137 e. The SMILES string of the molecule is CC.CCC1=CCNCC1. The zero-order valence-corrected chi connectivity index (χ0v) is 7.41. The zero-order chi connectivity index (χ0) is 7.82. The first-order valence-corrected chi connectivity index (χ1v) is 4.32. The van der Waals surface area contributed by atoms with Crippen LogP contribution in [0.15, 0.2) is 11.6 Å². The smallest absolute Gasteiger partial charge is 0.0137 e. The minimum absolute atomic E-state index is 1.09. The van der Waals surface area contributed by atoms with E-state index < -0.39 is 0 Å². The molecule has 1 heterocycles. The third-order valence-corrected chi connectivity index (χ3v) is 1.61. The second-order valence-electron chi connectivity index (χ2n) is 2.17. The highest BCUT2D eigenvalue weighted by Gasteiger charge is 1.97. The summed E-state index contributed by atoms with van der Waals surface area (Å²) in [5.74, 6) is 0. The summed E-state index contributed by atoms with van der Waals surface area (Å²) in [4.78, 5) is 0. The summed E-state index contributed by atoms with van der Waals surface area (Å²) in [6.45, 7) is 8.49. The first-order valence-electron chi connectivity index (χ1n) is 4.32. The van der Waals surface area contributed by atoms with Crippen molar-refractivity contribution in [2.75, 3.05) is 13.1 Å². The van der Waals surface area contributed by atoms with E-state index >= 15 is 0 Å². The lowest BCUT2D eigenvalue weighted by Crippen LogP contribution is -2.20. The Kier molecular flexibility index (Phi) is 6.61. The van der Waals surface area contributed by atoms with E-state index in [0.29, 0.717) is 0 Å². The molecule has 0 aromatic heterocycles. The van der Waals surface area contributed by atoms with Gasteiger partial charge < -0.3 is 5.32 Å². The number of rotatable bonds is 1. The van der Waals surface area contributed by atoms with E-state index in [9.17, 15) is 0 Å². The molecule has 0 aliphatic carbocycles. The Morgan fingerprint density at radius 2 is 2.20 bits per heavy atom. The summed E-state index contributed by atoms with van der Waals surface area (Å²) >= 11 is 0. The number of nitrogens with one attached hydrogen (secondary N) is 1. The van der Waals surface area contributed by atoms with Crippen LogP contribution in [-0.2, 0) is 0 Å². The highest BCUT2D eigenvalue weighted by Crippen LogP contribution is 2.06. The van der Waals surface area contributed by atoms with E-state index in [2.05, 4.69) is 18.3 Å². The summed E-state index contributed by atoms with van der Waals surface area (Å²) < 4.78 is 0. The summed E-state index contributed by atoms with van der Waals surface area (Å²) in [6.07, 6.45) is 4.79. The van der Waals surface area contributed by atoms with Gasteiger partial charge in [0.25, 0.3) is 0 Å². The van der Waals surface area contributed by atoms with E-state index in [1.807, 2.05) is 13.8 Å². The molecule has 1 N–H and O–H groups in total. The molecule has 1 nitrogen and oxygen atoms in total. The Morgan fingerprint density at radius 1 is 1.50 bits per heavy atom. The predicted molar refractivity (Wildman–Crippen MR) is 47.2 cm³/mol. The van der Waals surface area contributed by atoms with Crippen molar-refractivity contribution in [3.63, 3.8) is 0 Å². The first kappa shape index (κ1) is 9.70. The lowest BCUT2D eigenvalue weighted by atomic mass is 10.1. The third kappa shape index (κ3) is 3.67. The van der Waals surface area contributed by atoms with Gasteiger partial charge in [0.15, 0.2) is 0 Å². The molecule has 1 rings (SSSR count). The van der Waals surface area contributed by atoms with Gasteiger partial charge in [0.05, 0.1) is 0 Å². The van der Waals surface area contributed by atoms with Gasteiger partial charge in [-0.15, -0.1) is 0 Å². The van der Waals surface area contributed by atoms with Gasteiger partial charge in [-0.1, -0.05) is 32.4 Å². The van der Waals surface area contributed by atoms with Gasteiger partial charge in [-0.05, 0) is 19.4 Å². The molecule has 0 radical (unpaired) electrons. The van der Waals surface area contributed by atoms with E-state index in [1.165, 1.54) is 19.4 Å². The Hall–Kier alpha value is -0.300. The van der Waals surface area contributed by atoms with Gasteiger partial charge in [-0.3, -0.25) is 0 Å². The Bertz CT molecular complexity index is 94.9. The molecule has 0 aromatic carbocycles. The van der Waals surface area contributed by atoms with Gasteiger partial charge in [-0.2, -0.15) is 0 Å². The van der Waals surface area contributed by atoms with Crippen molar-refractivity contribution in [1.82, 2.24) is 5.32 Å². The third-order valence-electron chi connectivity index (χ3n) is 1.61. The van der Waals surface area contributed by atoms with Crippen molar-refractivity contribution in [3.05, 3.63) is 11.6 Å². The fourth-order valence-corrected chi connectivity index (χ4v) is 0.991. The normalized spacial score (nSPS) is 16.9. The highest BCUT2D eigenvalue weighted by atomic mass is 14.8. The Morgan fingerprint density at radius 3 is 2.50 bits per heavy atom. The van der Waals surface area contributed by atoms with E-state index in [4.69, 9.17) is 0 Å². The van der Waals surface area contributed by atoms with Crippen LogP contribution < -0.4 is 5.32 Å². The van der Waals surface area contributed by atoms with Crippen LogP contribution in [0.5, 0.6) is 0 Å². The molecular weight excluding hydrogens is 122 g/mol.